The number of benzene rings is 1. The summed E-state index contributed by atoms with van der Waals surface area (Å²) in [5, 5.41) is 3.50. The molecule has 3 heteroatoms. The van der Waals surface area contributed by atoms with Crippen molar-refractivity contribution in [1.82, 2.24) is 15.3 Å². The second kappa shape index (κ2) is 6.36. The standard InChI is InChI=1S/C15H21N3/c1-12(2)15(13-6-4-3-5-7-13)10-16-8-14-9-17-11-18-14/h3-7,9,11-12,15-16H,8,10H2,1-2H3,(H,17,18). The first-order chi connectivity index (χ1) is 8.77. The van der Waals surface area contributed by atoms with E-state index in [9.17, 15) is 0 Å². The van der Waals surface area contributed by atoms with Crippen LogP contribution in [0, 0.1) is 5.92 Å². The zero-order valence-corrected chi connectivity index (χ0v) is 11.1. The van der Waals surface area contributed by atoms with Gasteiger partial charge in [-0.2, -0.15) is 0 Å². The van der Waals surface area contributed by atoms with Crippen LogP contribution < -0.4 is 5.32 Å². The summed E-state index contributed by atoms with van der Waals surface area (Å²) in [6.07, 6.45) is 3.58. The molecule has 0 radical (unpaired) electrons. The Morgan fingerprint density at radius 1 is 1.22 bits per heavy atom. The molecule has 2 aromatic rings. The molecular formula is C15H21N3. The van der Waals surface area contributed by atoms with E-state index in [2.05, 4.69) is 59.5 Å². The molecule has 3 nitrogen and oxygen atoms in total. The Morgan fingerprint density at radius 2 is 2.00 bits per heavy atom. The summed E-state index contributed by atoms with van der Waals surface area (Å²) >= 11 is 0. The molecule has 0 aliphatic carbocycles. The van der Waals surface area contributed by atoms with E-state index in [0.717, 1.165) is 18.8 Å². The van der Waals surface area contributed by atoms with Crippen molar-refractivity contribution in [3.05, 3.63) is 54.1 Å². The largest absolute Gasteiger partial charge is 0.347 e. The Hall–Kier alpha value is -1.61. The number of aromatic nitrogens is 2. The Bertz CT molecular complexity index is 434. The first kappa shape index (κ1) is 12.8. The van der Waals surface area contributed by atoms with Gasteiger partial charge < -0.3 is 10.3 Å². The molecule has 2 rings (SSSR count). The highest BCUT2D eigenvalue weighted by atomic mass is 14.9. The van der Waals surface area contributed by atoms with Crippen LogP contribution in [0.2, 0.25) is 0 Å². The average molecular weight is 243 g/mol. The van der Waals surface area contributed by atoms with Crippen molar-refractivity contribution in [2.24, 2.45) is 5.92 Å². The van der Waals surface area contributed by atoms with Gasteiger partial charge in [-0.05, 0) is 17.4 Å². The Balaban J connectivity index is 1.91. The van der Waals surface area contributed by atoms with Crippen molar-refractivity contribution in [3.8, 4) is 0 Å². The summed E-state index contributed by atoms with van der Waals surface area (Å²) in [5.41, 5.74) is 2.54. The van der Waals surface area contributed by atoms with Crippen LogP contribution >= 0.6 is 0 Å². The van der Waals surface area contributed by atoms with E-state index >= 15 is 0 Å². The molecule has 1 aromatic carbocycles. The summed E-state index contributed by atoms with van der Waals surface area (Å²) in [5.74, 6) is 1.18. The molecule has 0 spiro atoms. The molecule has 0 aliphatic rings. The van der Waals surface area contributed by atoms with Gasteiger partial charge >= 0.3 is 0 Å². The maximum Gasteiger partial charge on any atom is 0.0922 e. The molecule has 1 atom stereocenters. The number of nitrogens with zero attached hydrogens (tertiary/aromatic N) is 1. The lowest BCUT2D eigenvalue weighted by Gasteiger charge is -2.21. The van der Waals surface area contributed by atoms with Gasteiger partial charge in [-0.25, -0.2) is 4.98 Å². The van der Waals surface area contributed by atoms with E-state index in [1.54, 1.807) is 6.33 Å². The quantitative estimate of drug-likeness (QED) is 0.819. The summed E-state index contributed by atoms with van der Waals surface area (Å²) in [7, 11) is 0. The highest BCUT2D eigenvalue weighted by Gasteiger charge is 2.14. The SMILES string of the molecule is CC(C)C(CNCc1cnc[nH]1)c1ccccc1. The van der Waals surface area contributed by atoms with Gasteiger partial charge in [-0.15, -0.1) is 0 Å². The zero-order chi connectivity index (χ0) is 12.8. The first-order valence-corrected chi connectivity index (χ1v) is 6.50. The third-order valence-electron chi connectivity index (χ3n) is 3.27. The Labute approximate surface area is 109 Å². The van der Waals surface area contributed by atoms with Crippen LogP contribution in [0.25, 0.3) is 0 Å². The first-order valence-electron chi connectivity index (χ1n) is 6.50. The van der Waals surface area contributed by atoms with Gasteiger partial charge in [-0.3, -0.25) is 0 Å². The second-order valence-corrected chi connectivity index (χ2v) is 4.97. The number of nitrogens with one attached hydrogen (secondary N) is 2. The van der Waals surface area contributed by atoms with Gasteiger partial charge in [0.15, 0.2) is 0 Å². The lowest BCUT2D eigenvalue weighted by Crippen LogP contribution is -2.24. The zero-order valence-electron chi connectivity index (χ0n) is 11.1. The summed E-state index contributed by atoms with van der Waals surface area (Å²) in [4.78, 5) is 7.12. The molecular weight excluding hydrogens is 222 g/mol. The van der Waals surface area contributed by atoms with Gasteiger partial charge in [0, 0.05) is 25.0 Å². The van der Waals surface area contributed by atoms with E-state index in [1.165, 1.54) is 5.56 Å². The fraction of sp³-hybridized carbons (Fsp3) is 0.400. The van der Waals surface area contributed by atoms with E-state index in [4.69, 9.17) is 0 Å². The van der Waals surface area contributed by atoms with Gasteiger partial charge in [0.2, 0.25) is 0 Å². The molecule has 0 bridgehead atoms. The molecule has 18 heavy (non-hydrogen) atoms. The Kier molecular flexibility index (Phi) is 4.53. The minimum Gasteiger partial charge on any atom is -0.347 e. The van der Waals surface area contributed by atoms with E-state index in [1.807, 2.05) is 6.20 Å². The van der Waals surface area contributed by atoms with E-state index < -0.39 is 0 Å². The minimum absolute atomic E-state index is 0.550. The molecule has 1 aromatic heterocycles. The lowest BCUT2D eigenvalue weighted by atomic mass is 9.88. The van der Waals surface area contributed by atoms with Crippen LogP contribution in [-0.2, 0) is 6.54 Å². The number of imidazole rings is 1. The Morgan fingerprint density at radius 3 is 2.61 bits per heavy atom. The third kappa shape index (κ3) is 3.44. The average Bonchev–Trinajstić information content (AvgIpc) is 2.88. The van der Waals surface area contributed by atoms with Crippen molar-refractivity contribution in [2.75, 3.05) is 6.54 Å². The summed E-state index contributed by atoms with van der Waals surface area (Å²) in [6, 6.07) is 10.7. The fourth-order valence-corrected chi connectivity index (χ4v) is 2.18. The van der Waals surface area contributed by atoms with Crippen molar-refractivity contribution in [3.63, 3.8) is 0 Å². The summed E-state index contributed by atoms with van der Waals surface area (Å²) in [6.45, 7) is 6.38. The molecule has 0 saturated heterocycles. The molecule has 96 valence electrons. The molecule has 2 N–H and O–H groups in total. The number of hydrogen-bond acceptors (Lipinski definition) is 2. The van der Waals surface area contributed by atoms with E-state index in [0.29, 0.717) is 11.8 Å². The van der Waals surface area contributed by atoms with Crippen molar-refractivity contribution < 1.29 is 0 Å². The van der Waals surface area contributed by atoms with Crippen LogP contribution in [0.3, 0.4) is 0 Å². The molecule has 1 unspecified atom stereocenters. The molecule has 1 heterocycles. The van der Waals surface area contributed by atoms with Gasteiger partial charge in [0.05, 0.1) is 6.33 Å². The predicted molar refractivity (Wildman–Crippen MR) is 74.3 cm³/mol. The van der Waals surface area contributed by atoms with Gasteiger partial charge in [0.1, 0.15) is 0 Å². The summed E-state index contributed by atoms with van der Waals surface area (Å²) < 4.78 is 0. The smallest absolute Gasteiger partial charge is 0.0922 e. The predicted octanol–water partition coefficient (Wildman–Crippen LogP) is 2.94. The van der Waals surface area contributed by atoms with Crippen LogP contribution in [0.5, 0.6) is 0 Å². The normalized spacial score (nSPS) is 12.8. The number of aromatic amines is 1. The van der Waals surface area contributed by atoms with Crippen molar-refractivity contribution >= 4 is 0 Å². The highest BCUT2D eigenvalue weighted by molar-refractivity contribution is 5.20. The number of H-pyrrole nitrogens is 1. The molecule has 0 amide bonds. The van der Waals surface area contributed by atoms with Crippen LogP contribution in [0.15, 0.2) is 42.9 Å². The lowest BCUT2D eigenvalue weighted by molar-refractivity contribution is 0.460. The van der Waals surface area contributed by atoms with Crippen LogP contribution in [0.1, 0.15) is 31.0 Å². The fourth-order valence-electron chi connectivity index (χ4n) is 2.18. The molecule has 0 fully saturated rings. The minimum atomic E-state index is 0.550. The second-order valence-electron chi connectivity index (χ2n) is 4.97. The topological polar surface area (TPSA) is 40.7 Å². The maximum absolute atomic E-state index is 4.02. The third-order valence-corrected chi connectivity index (χ3v) is 3.27. The maximum atomic E-state index is 4.02. The number of rotatable bonds is 6. The van der Waals surface area contributed by atoms with Crippen LogP contribution in [0.4, 0.5) is 0 Å². The van der Waals surface area contributed by atoms with Gasteiger partial charge in [0.25, 0.3) is 0 Å². The monoisotopic (exact) mass is 243 g/mol. The van der Waals surface area contributed by atoms with Crippen molar-refractivity contribution in [2.45, 2.75) is 26.3 Å². The van der Waals surface area contributed by atoms with E-state index in [-0.39, 0.29) is 0 Å². The van der Waals surface area contributed by atoms with Crippen molar-refractivity contribution in [1.29, 1.82) is 0 Å². The van der Waals surface area contributed by atoms with Crippen LogP contribution in [-0.4, -0.2) is 16.5 Å². The molecule has 0 saturated carbocycles. The van der Waals surface area contributed by atoms with Gasteiger partial charge in [-0.1, -0.05) is 44.2 Å². The molecule has 0 aliphatic heterocycles. The highest BCUT2D eigenvalue weighted by Crippen LogP contribution is 2.23. The number of hydrogen-bond donors (Lipinski definition) is 2.